The molecule has 1 atom stereocenters. The molecule has 4 aromatic rings. The zero-order valence-electron chi connectivity index (χ0n) is 19.2. The molecule has 3 aromatic heterocycles. The topological polar surface area (TPSA) is 72.6 Å². The molecule has 0 aliphatic rings. The molecular formula is C24H27N5O2S2. The molecule has 0 fully saturated rings. The Hall–Kier alpha value is -2.91. The number of amides is 1. The first-order valence-electron chi connectivity index (χ1n) is 10.7. The average Bonchev–Trinajstić information content (AvgIpc) is 3.46. The van der Waals surface area contributed by atoms with Crippen molar-refractivity contribution in [2.24, 2.45) is 0 Å². The normalized spacial score (nSPS) is 12.1. The number of thiophene rings is 1. The summed E-state index contributed by atoms with van der Waals surface area (Å²) in [6.45, 7) is 6.54. The first kappa shape index (κ1) is 23.3. The van der Waals surface area contributed by atoms with E-state index < -0.39 is 0 Å². The largest absolute Gasteiger partial charge is 0.497 e. The van der Waals surface area contributed by atoms with Gasteiger partial charge < -0.3 is 9.64 Å². The maximum atomic E-state index is 13.4. The molecule has 172 valence electrons. The highest BCUT2D eigenvalue weighted by molar-refractivity contribution is 7.99. The van der Waals surface area contributed by atoms with Gasteiger partial charge in [-0.1, -0.05) is 30.0 Å². The van der Waals surface area contributed by atoms with Crippen LogP contribution in [0.15, 0.2) is 53.0 Å². The highest BCUT2D eigenvalue weighted by atomic mass is 32.2. The molecule has 0 spiro atoms. The number of aromatic nitrogens is 4. The predicted molar refractivity (Wildman–Crippen MR) is 132 cm³/mol. The number of carbonyl (C=O) groups is 1. The van der Waals surface area contributed by atoms with Gasteiger partial charge >= 0.3 is 0 Å². The van der Waals surface area contributed by atoms with Crippen LogP contribution in [-0.2, 0) is 17.8 Å². The molecule has 0 saturated heterocycles. The number of ether oxygens (including phenoxy) is 1. The molecule has 1 aromatic carbocycles. The summed E-state index contributed by atoms with van der Waals surface area (Å²) in [5, 5.41) is 7.14. The van der Waals surface area contributed by atoms with E-state index in [-0.39, 0.29) is 17.7 Å². The molecule has 4 rings (SSSR count). The zero-order chi connectivity index (χ0) is 23.4. The van der Waals surface area contributed by atoms with E-state index in [0.29, 0.717) is 17.5 Å². The number of fused-ring (bicyclic) bond motifs is 1. The Morgan fingerprint density at radius 2 is 2.00 bits per heavy atom. The second kappa shape index (κ2) is 10.4. The van der Waals surface area contributed by atoms with Crippen LogP contribution in [0.2, 0.25) is 0 Å². The summed E-state index contributed by atoms with van der Waals surface area (Å²) in [4.78, 5) is 25.5. The Labute approximate surface area is 201 Å². The third-order valence-electron chi connectivity index (χ3n) is 5.36. The molecule has 0 bridgehead atoms. The fraction of sp³-hybridized carbons (Fsp3) is 0.333. The maximum Gasteiger partial charge on any atom is 0.253 e. The number of hydrogen-bond donors (Lipinski definition) is 0. The number of methoxy groups -OCH3 is 1. The Bertz CT molecular complexity index is 1220. The van der Waals surface area contributed by atoms with Crippen LogP contribution in [-0.4, -0.2) is 49.3 Å². The molecule has 0 aliphatic carbocycles. The Morgan fingerprint density at radius 3 is 2.70 bits per heavy atom. The van der Waals surface area contributed by atoms with Crippen molar-refractivity contribution in [1.29, 1.82) is 0 Å². The van der Waals surface area contributed by atoms with Gasteiger partial charge in [0.2, 0.25) is 11.1 Å². The highest BCUT2D eigenvalue weighted by Gasteiger charge is 2.22. The van der Waals surface area contributed by atoms with Gasteiger partial charge in [-0.3, -0.25) is 4.79 Å². The second-order valence-corrected chi connectivity index (χ2v) is 9.91. The van der Waals surface area contributed by atoms with Crippen molar-refractivity contribution in [2.75, 3.05) is 12.9 Å². The summed E-state index contributed by atoms with van der Waals surface area (Å²) in [6, 6.07) is 14.0. The van der Waals surface area contributed by atoms with Crippen LogP contribution in [0.4, 0.5) is 0 Å². The van der Waals surface area contributed by atoms with Crippen molar-refractivity contribution >= 4 is 34.8 Å². The van der Waals surface area contributed by atoms with Gasteiger partial charge in [0.25, 0.3) is 5.78 Å². The molecule has 0 N–H and O–H groups in total. The Morgan fingerprint density at radius 1 is 1.21 bits per heavy atom. The van der Waals surface area contributed by atoms with Crippen molar-refractivity contribution in [3.05, 3.63) is 69.7 Å². The van der Waals surface area contributed by atoms with Gasteiger partial charge in [0.05, 0.1) is 12.9 Å². The van der Waals surface area contributed by atoms with Crippen LogP contribution >= 0.6 is 23.1 Å². The molecular weight excluding hydrogens is 454 g/mol. The number of rotatable bonds is 9. The molecule has 7 nitrogen and oxygen atoms in total. The zero-order valence-corrected chi connectivity index (χ0v) is 20.8. The number of thioether (sulfide) groups is 1. The van der Waals surface area contributed by atoms with E-state index >= 15 is 0 Å². The fourth-order valence-electron chi connectivity index (χ4n) is 3.67. The molecule has 1 amide bonds. The summed E-state index contributed by atoms with van der Waals surface area (Å²) in [5.74, 6) is 1.68. The van der Waals surface area contributed by atoms with E-state index in [1.807, 2.05) is 55.1 Å². The first-order chi connectivity index (χ1) is 15.9. The van der Waals surface area contributed by atoms with Crippen LogP contribution in [0, 0.1) is 13.8 Å². The number of nitrogens with zero attached hydrogens (tertiary/aromatic N) is 5. The van der Waals surface area contributed by atoms with Gasteiger partial charge in [-0.2, -0.15) is 4.98 Å². The molecule has 0 aliphatic heterocycles. The minimum absolute atomic E-state index is 0.0550. The van der Waals surface area contributed by atoms with E-state index in [1.54, 1.807) is 23.0 Å². The van der Waals surface area contributed by atoms with E-state index in [4.69, 9.17) is 4.74 Å². The Kier molecular flexibility index (Phi) is 7.29. The summed E-state index contributed by atoms with van der Waals surface area (Å²) < 4.78 is 6.98. The van der Waals surface area contributed by atoms with E-state index in [1.165, 1.54) is 16.6 Å². The van der Waals surface area contributed by atoms with E-state index in [2.05, 4.69) is 33.4 Å². The van der Waals surface area contributed by atoms with Gasteiger partial charge in [0.1, 0.15) is 5.75 Å². The van der Waals surface area contributed by atoms with Crippen LogP contribution < -0.4 is 4.74 Å². The Balaban J connectivity index is 1.49. The molecule has 0 saturated carbocycles. The van der Waals surface area contributed by atoms with Crippen LogP contribution in [0.5, 0.6) is 5.75 Å². The van der Waals surface area contributed by atoms with Gasteiger partial charge in [0, 0.05) is 35.3 Å². The molecule has 3 heterocycles. The molecule has 9 heteroatoms. The van der Waals surface area contributed by atoms with Crippen molar-refractivity contribution < 1.29 is 9.53 Å². The smallest absolute Gasteiger partial charge is 0.253 e. The summed E-state index contributed by atoms with van der Waals surface area (Å²) >= 11 is 3.06. The van der Waals surface area contributed by atoms with Crippen LogP contribution in [0.3, 0.4) is 0 Å². The standard InChI is InChI=1S/C24H27N5O2S2/c1-16-12-18(3)29-23(25-16)26-24(27-29)33-15-22(30)28(17(2)13-21-6-5-11-32-21)14-19-7-9-20(31-4)10-8-19/h5-12,17H,13-15H2,1-4H3/t17-/m0/s1. The van der Waals surface area contributed by atoms with Gasteiger partial charge in [-0.25, -0.2) is 9.50 Å². The lowest BCUT2D eigenvalue weighted by Gasteiger charge is -2.29. The second-order valence-electron chi connectivity index (χ2n) is 7.94. The lowest BCUT2D eigenvalue weighted by atomic mass is 10.1. The van der Waals surface area contributed by atoms with Crippen molar-refractivity contribution in [3.63, 3.8) is 0 Å². The van der Waals surface area contributed by atoms with E-state index in [9.17, 15) is 4.79 Å². The van der Waals surface area contributed by atoms with Crippen molar-refractivity contribution in [2.45, 2.75) is 44.9 Å². The lowest BCUT2D eigenvalue weighted by Crippen LogP contribution is -2.40. The minimum atomic E-state index is 0.0550. The SMILES string of the molecule is COc1ccc(CN(C(=O)CSc2nc3nc(C)cc(C)n3n2)[C@@H](C)Cc2cccs2)cc1. The van der Waals surface area contributed by atoms with Crippen LogP contribution in [0.25, 0.3) is 5.78 Å². The average molecular weight is 482 g/mol. The third kappa shape index (κ3) is 5.72. The van der Waals surface area contributed by atoms with Gasteiger partial charge in [-0.05, 0) is 56.0 Å². The summed E-state index contributed by atoms with van der Waals surface area (Å²) in [5.41, 5.74) is 2.93. The molecule has 0 radical (unpaired) electrons. The predicted octanol–water partition coefficient (Wildman–Crippen LogP) is 4.56. The van der Waals surface area contributed by atoms with Crippen molar-refractivity contribution in [3.8, 4) is 5.75 Å². The summed E-state index contributed by atoms with van der Waals surface area (Å²) in [7, 11) is 1.65. The van der Waals surface area contributed by atoms with Crippen LogP contribution in [0.1, 0.15) is 28.8 Å². The number of carbonyl (C=O) groups excluding carboxylic acids is 1. The minimum Gasteiger partial charge on any atom is -0.497 e. The van der Waals surface area contributed by atoms with Crippen molar-refractivity contribution in [1.82, 2.24) is 24.5 Å². The lowest BCUT2D eigenvalue weighted by molar-refractivity contribution is -0.131. The van der Waals surface area contributed by atoms with Gasteiger partial charge in [-0.15, -0.1) is 16.4 Å². The number of aryl methyl sites for hydroxylation is 2. The van der Waals surface area contributed by atoms with Gasteiger partial charge in [0.15, 0.2) is 0 Å². The quantitative estimate of drug-likeness (QED) is 0.326. The maximum absolute atomic E-state index is 13.4. The monoisotopic (exact) mass is 481 g/mol. The number of benzene rings is 1. The summed E-state index contributed by atoms with van der Waals surface area (Å²) in [6.07, 6.45) is 0.819. The number of hydrogen-bond acceptors (Lipinski definition) is 7. The third-order valence-corrected chi connectivity index (χ3v) is 7.09. The molecule has 0 unspecified atom stereocenters. The fourth-order valence-corrected chi connectivity index (χ4v) is 5.20. The highest BCUT2D eigenvalue weighted by Crippen LogP contribution is 2.21. The molecule has 33 heavy (non-hydrogen) atoms. The van der Waals surface area contributed by atoms with E-state index in [0.717, 1.165) is 29.1 Å². The first-order valence-corrected chi connectivity index (χ1v) is 12.6.